The summed E-state index contributed by atoms with van der Waals surface area (Å²) >= 11 is 0. The number of hydrogen-bond donors (Lipinski definition) is 4. The predicted octanol–water partition coefficient (Wildman–Crippen LogP) is 5.40. The number of oxime groups is 1. The number of aromatic amines is 1. The summed E-state index contributed by atoms with van der Waals surface area (Å²) in [4.78, 5) is 32.7. The highest BCUT2D eigenvalue weighted by atomic mass is 16.6. The topological polar surface area (TPSA) is 133 Å². The van der Waals surface area contributed by atoms with Crippen molar-refractivity contribution in [3.63, 3.8) is 0 Å². The van der Waals surface area contributed by atoms with Crippen molar-refractivity contribution in [2.45, 2.75) is 71.3 Å². The third-order valence-corrected chi connectivity index (χ3v) is 11.5. The standard InChI is InChI=1S/C34H43N3O6/c1-32-13-9-21(17-20(32)5-7-24-26(32)10-14-33(2)27(24)11-15-34(33,3)41)37-43-19-29(38)35-16-12-23-25-18-22(42-4)6-8-28(25)36-30(23)31(39)40/h6,8-9,13,17-18,24,26-27,36,41H,5,7,10-12,14-16,19H2,1-4H3,(H,35,38)(H,39,40)/b37-21-/t24-,26-,27+,32+,33+,34+/m1/s1. The van der Waals surface area contributed by atoms with Crippen molar-refractivity contribution in [1.82, 2.24) is 10.3 Å². The number of allylic oxidation sites excluding steroid dienone is 4. The van der Waals surface area contributed by atoms with Crippen LogP contribution in [0.4, 0.5) is 0 Å². The van der Waals surface area contributed by atoms with Gasteiger partial charge in [0.05, 0.1) is 12.7 Å². The summed E-state index contributed by atoms with van der Waals surface area (Å²) in [6.07, 6.45) is 13.1. The molecular weight excluding hydrogens is 546 g/mol. The molecule has 1 aromatic heterocycles. The van der Waals surface area contributed by atoms with Crippen LogP contribution in [-0.2, 0) is 16.1 Å². The summed E-state index contributed by atoms with van der Waals surface area (Å²) in [6.45, 7) is 6.74. The average Bonchev–Trinajstić information content (AvgIpc) is 3.46. The van der Waals surface area contributed by atoms with Gasteiger partial charge in [-0.3, -0.25) is 4.79 Å². The third-order valence-electron chi connectivity index (χ3n) is 11.5. The van der Waals surface area contributed by atoms with Crippen LogP contribution in [0, 0.1) is 28.6 Å². The molecule has 3 saturated carbocycles. The largest absolute Gasteiger partial charge is 0.497 e. The van der Waals surface area contributed by atoms with Crippen LogP contribution in [0.15, 0.2) is 47.2 Å². The van der Waals surface area contributed by atoms with E-state index in [-0.39, 0.29) is 35.6 Å². The quantitative estimate of drug-likeness (QED) is 0.305. The molecule has 9 nitrogen and oxygen atoms in total. The van der Waals surface area contributed by atoms with Crippen molar-refractivity contribution in [2.75, 3.05) is 20.3 Å². The van der Waals surface area contributed by atoms with Crippen LogP contribution in [-0.4, -0.2) is 58.6 Å². The van der Waals surface area contributed by atoms with Gasteiger partial charge in [-0.15, -0.1) is 0 Å². The molecular formula is C34H43N3O6. The number of H-pyrrole nitrogens is 1. The molecule has 1 heterocycles. The number of aromatic carboxylic acids is 1. The van der Waals surface area contributed by atoms with Gasteiger partial charge in [0.1, 0.15) is 17.2 Å². The molecule has 0 spiro atoms. The summed E-state index contributed by atoms with van der Waals surface area (Å²) in [7, 11) is 1.56. The number of amides is 1. The van der Waals surface area contributed by atoms with Crippen molar-refractivity contribution in [3.8, 4) is 5.75 Å². The molecule has 9 heteroatoms. The number of carboxylic acids is 1. The van der Waals surface area contributed by atoms with E-state index in [1.165, 1.54) is 5.57 Å². The maximum Gasteiger partial charge on any atom is 0.352 e. The Kier molecular flexibility index (Phi) is 7.43. The Hall–Kier alpha value is -3.59. The first-order valence-electron chi connectivity index (χ1n) is 15.5. The van der Waals surface area contributed by atoms with E-state index in [1.807, 2.05) is 13.0 Å². The molecule has 1 aromatic carbocycles. The number of benzene rings is 1. The highest BCUT2D eigenvalue weighted by Gasteiger charge is 2.62. The molecule has 6 atom stereocenters. The molecule has 4 N–H and O–H groups in total. The number of carbonyl (C=O) groups is 2. The zero-order valence-corrected chi connectivity index (χ0v) is 25.5. The van der Waals surface area contributed by atoms with Gasteiger partial charge >= 0.3 is 5.97 Å². The van der Waals surface area contributed by atoms with E-state index < -0.39 is 11.6 Å². The molecule has 0 radical (unpaired) electrons. The number of ether oxygens (including phenoxy) is 1. The Bertz CT molecular complexity index is 1540. The van der Waals surface area contributed by atoms with E-state index in [2.05, 4.69) is 41.5 Å². The number of rotatable bonds is 8. The summed E-state index contributed by atoms with van der Waals surface area (Å²) in [5, 5.41) is 28.6. The fourth-order valence-corrected chi connectivity index (χ4v) is 8.85. The predicted molar refractivity (Wildman–Crippen MR) is 164 cm³/mol. The zero-order chi connectivity index (χ0) is 30.6. The van der Waals surface area contributed by atoms with E-state index in [1.54, 1.807) is 25.3 Å². The molecule has 4 aliphatic carbocycles. The lowest BCUT2D eigenvalue weighted by Crippen LogP contribution is -2.53. The maximum atomic E-state index is 12.5. The SMILES string of the molecule is COc1ccc2[nH]c(C(=O)O)c(CCNC(=O)CO/N=C3/C=C[C@@]4(C)C(=C3)CC[C@@H]3[C@H]4CC[C@@]4(C)[C@H]3CC[C@]4(C)O)c2c1. The Morgan fingerprint density at radius 3 is 2.70 bits per heavy atom. The Morgan fingerprint density at radius 1 is 1.14 bits per heavy atom. The minimum absolute atomic E-state index is 0.00662. The number of aliphatic hydroxyl groups is 1. The van der Waals surface area contributed by atoms with E-state index in [0.29, 0.717) is 46.7 Å². The van der Waals surface area contributed by atoms with Crippen molar-refractivity contribution in [1.29, 1.82) is 0 Å². The molecule has 0 bridgehead atoms. The molecule has 1 amide bonds. The second-order valence-electron chi connectivity index (χ2n) is 13.6. The van der Waals surface area contributed by atoms with E-state index >= 15 is 0 Å². The van der Waals surface area contributed by atoms with E-state index in [0.717, 1.165) is 43.9 Å². The summed E-state index contributed by atoms with van der Waals surface area (Å²) in [5.41, 5.74) is 2.92. The minimum atomic E-state index is -1.05. The summed E-state index contributed by atoms with van der Waals surface area (Å²) in [5.74, 6) is 1.00. The highest BCUT2D eigenvalue weighted by molar-refractivity contribution is 6.05. The van der Waals surface area contributed by atoms with Crippen LogP contribution >= 0.6 is 0 Å². The first kappa shape index (κ1) is 29.5. The molecule has 230 valence electrons. The van der Waals surface area contributed by atoms with Gasteiger partial charge in [0, 0.05) is 22.9 Å². The van der Waals surface area contributed by atoms with Crippen molar-refractivity contribution in [3.05, 3.63) is 53.3 Å². The fraction of sp³-hybridized carbons (Fsp3) is 0.559. The van der Waals surface area contributed by atoms with Gasteiger partial charge in [-0.1, -0.05) is 30.7 Å². The number of fused-ring (bicyclic) bond motifs is 6. The molecule has 4 aliphatic rings. The lowest BCUT2D eigenvalue weighted by molar-refractivity contribution is -0.125. The number of nitrogens with zero attached hydrogens (tertiary/aromatic N) is 1. The summed E-state index contributed by atoms with van der Waals surface area (Å²) < 4.78 is 5.29. The number of aromatic nitrogens is 1. The smallest absolute Gasteiger partial charge is 0.352 e. The number of hydrogen-bond acceptors (Lipinski definition) is 6. The molecule has 6 rings (SSSR count). The van der Waals surface area contributed by atoms with Crippen LogP contribution in [0.5, 0.6) is 5.75 Å². The van der Waals surface area contributed by atoms with Crippen LogP contribution in [0.3, 0.4) is 0 Å². The third kappa shape index (κ3) is 4.95. The Morgan fingerprint density at radius 2 is 1.93 bits per heavy atom. The van der Waals surface area contributed by atoms with Gasteiger partial charge < -0.3 is 30.1 Å². The van der Waals surface area contributed by atoms with E-state index in [4.69, 9.17) is 9.57 Å². The Balaban J connectivity index is 1.04. The first-order valence-corrected chi connectivity index (χ1v) is 15.5. The number of carboxylic acid groups (broad SMARTS) is 1. The van der Waals surface area contributed by atoms with Gasteiger partial charge in [0.2, 0.25) is 0 Å². The van der Waals surface area contributed by atoms with Crippen molar-refractivity contribution in [2.24, 2.45) is 33.7 Å². The van der Waals surface area contributed by atoms with Gasteiger partial charge in [-0.25, -0.2) is 4.79 Å². The number of methoxy groups -OCH3 is 1. The normalized spacial score (nSPS) is 33.8. The zero-order valence-electron chi connectivity index (χ0n) is 25.5. The number of carbonyl (C=O) groups excluding carboxylic acids is 1. The van der Waals surface area contributed by atoms with Crippen molar-refractivity contribution < 1.29 is 29.4 Å². The van der Waals surface area contributed by atoms with Gasteiger partial charge in [0.15, 0.2) is 6.61 Å². The Labute approximate surface area is 252 Å². The summed E-state index contributed by atoms with van der Waals surface area (Å²) in [6, 6.07) is 5.35. The van der Waals surface area contributed by atoms with E-state index in [9.17, 15) is 19.8 Å². The monoisotopic (exact) mass is 589 g/mol. The van der Waals surface area contributed by atoms with Crippen LogP contribution in [0.25, 0.3) is 10.9 Å². The number of nitrogens with one attached hydrogen (secondary N) is 2. The molecule has 0 unspecified atom stereocenters. The van der Waals surface area contributed by atoms with Gasteiger partial charge in [-0.2, -0.15) is 0 Å². The lowest BCUT2D eigenvalue weighted by atomic mass is 9.47. The van der Waals surface area contributed by atoms with Crippen LogP contribution < -0.4 is 10.1 Å². The second-order valence-corrected chi connectivity index (χ2v) is 13.6. The van der Waals surface area contributed by atoms with Crippen LogP contribution in [0.2, 0.25) is 0 Å². The van der Waals surface area contributed by atoms with Gasteiger partial charge in [-0.05, 0) is 111 Å². The molecule has 3 fully saturated rings. The molecule has 2 aromatic rings. The minimum Gasteiger partial charge on any atom is -0.497 e. The molecule has 0 aliphatic heterocycles. The van der Waals surface area contributed by atoms with Gasteiger partial charge in [0.25, 0.3) is 5.91 Å². The lowest BCUT2D eigenvalue weighted by Gasteiger charge is -2.58. The fourth-order valence-electron chi connectivity index (χ4n) is 8.85. The average molecular weight is 590 g/mol. The molecule has 43 heavy (non-hydrogen) atoms. The van der Waals surface area contributed by atoms with Crippen LogP contribution in [0.1, 0.15) is 75.3 Å². The first-order chi connectivity index (χ1) is 20.5. The van der Waals surface area contributed by atoms with Crippen molar-refractivity contribution >= 4 is 28.5 Å². The maximum absolute atomic E-state index is 12.5. The second kappa shape index (κ2) is 10.8. The molecule has 0 saturated heterocycles. The highest BCUT2D eigenvalue weighted by Crippen LogP contribution is 2.66.